The minimum atomic E-state index is -0.264. The second-order valence-corrected chi connectivity index (χ2v) is 7.61. The highest BCUT2D eigenvalue weighted by Gasteiger charge is 2.19. The molecule has 1 aliphatic rings. The zero-order chi connectivity index (χ0) is 22.2. The first-order valence-electron chi connectivity index (χ1n) is 11.0. The Morgan fingerprint density at radius 3 is 2.53 bits per heavy atom. The van der Waals surface area contributed by atoms with Gasteiger partial charge in [0.05, 0.1) is 12.8 Å². The average Bonchev–Trinajstić information content (AvgIpc) is 3.38. The molecule has 3 aromatic rings. The number of guanidine groups is 1. The number of aliphatic imine (C=N–C) groups is 1. The quantitative estimate of drug-likeness (QED) is 0.459. The first-order valence-corrected chi connectivity index (χ1v) is 11.0. The topological polar surface area (TPSA) is 73.1 Å². The average molecular weight is 432 g/mol. The summed E-state index contributed by atoms with van der Waals surface area (Å²) in [6, 6.07) is 21.6. The van der Waals surface area contributed by atoms with Crippen LogP contribution < -0.4 is 15.5 Å². The lowest BCUT2D eigenvalue weighted by Crippen LogP contribution is -2.52. The van der Waals surface area contributed by atoms with Gasteiger partial charge in [-0.25, -0.2) is 4.99 Å². The van der Waals surface area contributed by atoms with Crippen LogP contribution >= 0.6 is 0 Å². The molecule has 1 aromatic heterocycles. The first-order chi connectivity index (χ1) is 15.7. The van der Waals surface area contributed by atoms with E-state index in [0.717, 1.165) is 49.9 Å². The van der Waals surface area contributed by atoms with Gasteiger partial charge < -0.3 is 24.9 Å². The smallest absolute Gasteiger partial charge is 0.291 e. The maximum absolute atomic E-state index is 12.2. The molecule has 0 bridgehead atoms. The maximum atomic E-state index is 12.2. The van der Waals surface area contributed by atoms with Crippen LogP contribution in [0.2, 0.25) is 0 Å². The number of nitrogens with zero attached hydrogens (tertiary/aromatic N) is 3. The molecule has 2 N–H and O–H groups in total. The third-order valence-electron chi connectivity index (χ3n) is 5.38. The van der Waals surface area contributed by atoms with Crippen molar-refractivity contribution in [3.05, 3.63) is 84.3 Å². The fourth-order valence-corrected chi connectivity index (χ4v) is 3.76. The number of amides is 1. The molecule has 2 aromatic carbocycles. The van der Waals surface area contributed by atoms with Crippen LogP contribution in [-0.4, -0.2) is 49.5 Å². The van der Waals surface area contributed by atoms with E-state index in [2.05, 4.69) is 51.6 Å². The summed E-state index contributed by atoms with van der Waals surface area (Å²) < 4.78 is 5.16. The normalized spacial score (nSPS) is 14.3. The van der Waals surface area contributed by atoms with Crippen molar-refractivity contribution < 1.29 is 9.21 Å². The molecule has 0 unspecified atom stereocenters. The van der Waals surface area contributed by atoms with Crippen LogP contribution in [0, 0.1) is 0 Å². The molecule has 0 saturated carbocycles. The van der Waals surface area contributed by atoms with Crippen LogP contribution in [0.15, 0.2) is 82.4 Å². The van der Waals surface area contributed by atoms with Gasteiger partial charge in [0.1, 0.15) is 0 Å². The predicted molar refractivity (Wildman–Crippen MR) is 128 cm³/mol. The molecule has 7 heteroatoms. The molecule has 1 fully saturated rings. The number of nitrogens with one attached hydrogen (secondary N) is 2. The van der Waals surface area contributed by atoms with E-state index in [1.165, 1.54) is 12.0 Å². The number of carbonyl (C=O) groups is 1. The summed E-state index contributed by atoms with van der Waals surface area (Å²) in [6.45, 7) is 7.19. The van der Waals surface area contributed by atoms with Crippen LogP contribution in [0.25, 0.3) is 0 Å². The fraction of sp³-hybridized carbons (Fsp3) is 0.280. The van der Waals surface area contributed by atoms with E-state index < -0.39 is 0 Å². The molecule has 0 aliphatic carbocycles. The van der Waals surface area contributed by atoms with E-state index in [9.17, 15) is 4.79 Å². The molecule has 0 atom stereocenters. The predicted octanol–water partition coefficient (Wildman–Crippen LogP) is 3.82. The second kappa shape index (κ2) is 10.5. The van der Waals surface area contributed by atoms with Crippen LogP contribution in [0.1, 0.15) is 23.0 Å². The van der Waals surface area contributed by atoms with Gasteiger partial charge in [0.2, 0.25) is 0 Å². The summed E-state index contributed by atoms with van der Waals surface area (Å²) in [6.07, 6.45) is 1.49. The van der Waals surface area contributed by atoms with E-state index in [1.54, 1.807) is 12.1 Å². The zero-order valence-electron chi connectivity index (χ0n) is 18.3. The van der Waals surface area contributed by atoms with E-state index in [0.29, 0.717) is 6.54 Å². The van der Waals surface area contributed by atoms with Gasteiger partial charge in [0, 0.05) is 44.1 Å². The Morgan fingerprint density at radius 1 is 1.00 bits per heavy atom. The van der Waals surface area contributed by atoms with Crippen molar-refractivity contribution >= 4 is 23.2 Å². The van der Waals surface area contributed by atoms with Crippen LogP contribution in [0.4, 0.5) is 11.4 Å². The van der Waals surface area contributed by atoms with Crippen LogP contribution in [0.3, 0.4) is 0 Å². The number of para-hydroxylation sites is 1. The summed E-state index contributed by atoms with van der Waals surface area (Å²) in [5.41, 5.74) is 3.02. The lowest BCUT2D eigenvalue weighted by atomic mass is 10.2. The Morgan fingerprint density at radius 2 is 1.81 bits per heavy atom. The summed E-state index contributed by atoms with van der Waals surface area (Å²) in [5.74, 6) is 0.947. The van der Waals surface area contributed by atoms with Crippen LogP contribution in [-0.2, 0) is 6.54 Å². The lowest BCUT2D eigenvalue weighted by molar-refractivity contribution is 0.0996. The van der Waals surface area contributed by atoms with Crippen molar-refractivity contribution in [1.82, 2.24) is 10.2 Å². The van der Waals surface area contributed by atoms with Crippen molar-refractivity contribution in [1.29, 1.82) is 0 Å². The number of piperazine rings is 1. The fourth-order valence-electron chi connectivity index (χ4n) is 3.76. The largest absolute Gasteiger partial charge is 0.459 e. The molecular formula is C25H29N5O2. The molecule has 1 aliphatic heterocycles. The number of anilines is 2. The Bertz CT molecular complexity index is 1030. The summed E-state index contributed by atoms with van der Waals surface area (Å²) in [4.78, 5) is 21.8. The Kier molecular flexibility index (Phi) is 7.07. The van der Waals surface area contributed by atoms with Crippen molar-refractivity contribution in [2.75, 3.05) is 42.9 Å². The molecular weight excluding hydrogens is 402 g/mol. The molecule has 0 spiro atoms. The molecule has 1 saturated heterocycles. The van der Waals surface area contributed by atoms with E-state index in [-0.39, 0.29) is 11.7 Å². The molecule has 7 nitrogen and oxygen atoms in total. The van der Waals surface area contributed by atoms with Gasteiger partial charge in [-0.3, -0.25) is 4.79 Å². The summed E-state index contributed by atoms with van der Waals surface area (Å²) in [5, 5.41) is 6.29. The van der Waals surface area contributed by atoms with Crippen molar-refractivity contribution in [2.45, 2.75) is 13.5 Å². The molecule has 32 heavy (non-hydrogen) atoms. The minimum absolute atomic E-state index is 0.264. The summed E-state index contributed by atoms with van der Waals surface area (Å²) >= 11 is 0. The standard InChI is InChI=1S/C25H29N5O2/c1-2-26-25(30-15-13-29(14-16-30)22-10-4-3-5-11-22)27-19-20-8-6-9-21(18-20)28-24(31)23-12-7-17-32-23/h3-12,17-18H,2,13-16,19H2,1H3,(H,26,27)(H,28,31). The monoisotopic (exact) mass is 431 g/mol. The minimum Gasteiger partial charge on any atom is -0.459 e. The zero-order valence-corrected chi connectivity index (χ0v) is 18.3. The number of rotatable bonds is 6. The van der Waals surface area contributed by atoms with Gasteiger partial charge in [0.15, 0.2) is 11.7 Å². The lowest BCUT2D eigenvalue weighted by Gasteiger charge is -2.37. The van der Waals surface area contributed by atoms with Gasteiger partial charge in [-0.05, 0) is 48.9 Å². The van der Waals surface area contributed by atoms with Crippen molar-refractivity contribution in [3.63, 3.8) is 0 Å². The number of benzene rings is 2. The Hall–Kier alpha value is -3.74. The number of furan rings is 1. The molecule has 2 heterocycles. The van der Waals surface area contributed by atoms with Gasteiger partial charge in [-0.15, -0.1) is 0 Å². The number of carbonyl (C=O) groups excluding carboxylic acids is 1. The van der Waals surface area contributed by atoms with Gasteiger partial charge in [-0.1, -0.05) is 30.3 Å². The van der Waals surface area contributed by atoms with Gasteiger partial charge in [0.25, 0.3) is 5.91 Å². The second-order valence-electron chi connectivity index (χ2n) is 7.61. The SMILES string of the molecule is CCNC(=NCc1cccc(NC(=O)c2ccco2)c1)N1CCN(c2ccccc2)CC1. The Labute approximate surface area is 188 Å². The van der Waals surface area contributed by atoms with Crippen LogP contribution in [0.5, 0.6) is 0 Å². The third-order valence-corrected chi connectivity index (χ3v) is 5.38. The number of hydrogen-bond donors (Lipinski definition) is 2. The molecule has 0 radical (unpaired) electrons. The first kappa shape index (κ1) is 21.5. The Balaban J connectivity index is 1.38. The van der Waals surface area contributed by atoms with Crippen molar-refractivity contribution in [3.8, 4) is 0 Å². The highest BCUT2D eigenvalue weighted by molar-refractivity contribution is 6.02. The molecule has 4 rings (SSSR count). The van der Waals surface area contributed by atoms with E-state index >= 15 is 0 Å². The van der Waals surface area contributed by atoms with E-state index in [1.807, 2.05) is 30.3 Å². The van der Waals surface area contributed by atoms with E-state index in [4.69, 9.17) is 9.41 Å². The van der Waals surface area contributed by atoms with Gasteiger partial charge in [-0.2, -0.15) is 0 Å². The highest BCUT2D eigenvalue weighted by Crippen LogP contribution is 2.17. The molecule has 166 valence electrons. The van der Waals surface area contributed by atoms with Crippen molar-refractivity contribution in [2.24, 2.45) is 4.99 Å². The maximum Gasteiger partial charge on any atom is 0.291 e. The molecule has 1 amide bonds. The highest BCUT2D eigenvalue weighted by atomic mass is 16.3. The number of hydrogen-bond acceptors (Lipinski definition) is 4. The third kappa shape index (κ3) is 5.49. The summed E-state index contributed by atoms with van der Waals surface area (Å²) in [7, 11) is 0. The van der Waals surface area contributed by atoms with Gasteiger partial charge >= 0.3 is 0 Å².